The number of likely N-dealkylation sites (N-methyl/N-ethyl adjacent to an activating group) is 1. The average molecular weight is 476 g/mol. The normalized spacial score (nSPS) is 22.2. The molecule has 2 aliphatic carbocycles. The highest BCUT2D eigenvalue weighted by Gasteiger charge is 2.51. The third kappa shape index (κ3) is 3.91. The van der Waals surface area contributed by atoms with Crippen LogP contribution in [0.5, 0.6) is 0 Å². The summed E-state index contributed by atoms with van der Waals surface area (Å²) < 4.78 is 55.8. The lowest BCUT2D eigenvalue weighted by Gasteiger charge is -2.38. The molecule has 2 aromatic rings. The lowest BCUT2D eigenvalue weighted by Crippen LogP contribution is -2.40. The van der Waals surface area contributed by atoms with Crippen molar-refractivity contribution in [2.75, 3.05) is 30.2 Å². The molecular formula is C24H27F2N3O3S. The van der Waals surface area contributed by atoms with Gasteiger partial charge in [0.2, 0.25) is 0 Å². The van der Waals surface area contributed by atoms with Crippen molar-refractivity contribution in [3.63, 3.8) is 0 Å². The van der Waals surface area contributed by atoms with Gasteiger partial charge in [-0.1, -0.05) is 6.42 Å². The van der Waals surface area contributed by atoms with Gasteiger partial charge in [0.05, 0.1) is 11.1 Å². The van der Waals surface area contributed by atoms with Crippen molar-refractivity contribution in [3.8, 4) is 0 Å². The van der Waals surface area contributed by atoms with E-state index < -0.39 is 32.0 Å². The second-order valence-electron chi connectivity index (χ2n) is 9.51. The summed E-state index contributed by atoms with van der Waals surface area (Å²) in [5, 5.41) is 3.55. The molecule has 1 saturated carbocycles. The van der Waals surface area contributed by atoms with E-state index in [0.29, 0.717) is 12.5 Å². The van der Waals surface area contributed by atoms with Gasteiger partial charge in [0.15, 0.2) is 0 Å². The van der Waals surface area contributed by atoms with Crippen molar-refractivity contribution in [2.24, 2.45) is 0 Å². The monoisotopic (exact) mass is 475 g/mol. The summed E-state index contributed by atoms with van der Waals surface area (Å²) in [5.74, 6) is -1.83. The molecule has 2 aromatic carbocycles. The molecule has 1 atom stereocenters. The number of carbonyl (C=O) groups is 1. The molecule has 5 rings (SSSR count). The molecule has 0 bridgehead atoms. The summed E-state index contributed by atoms with van der Waals surface area (Å²) >= 11 is 0. The van der Waals surface area contributed by atoms with Gasteiger partial charge in [-0.25, -0.2) is 17.2 Å². The van der Waals surface area contributed by atoms with Gasteiger partial charge in [-0.05, 0) is 74.7 Å². The number of piperidine rings is 1. The summed E-state index contributed by atoms with van der Waals surface area (Å²) in [6.07, 6.45) is 4.84. The van der Waals surface area contributed by atoms with Crippen LogP contribution in [0.4, 0.5) is 20.2 Å². The predicted molar refractivity (Wildman–Crippen MR) is 122 cm³/mol. The van der Waals surface area contributed by atoms with Crippen molar-refractivity contribution >= 4 is 27.2 Å². The number of nitrogens with zero attached hydrogens (tertiary/aromatic N) is 1. The van der Waals surface area contributed by atoms with E-state index >= 15 is 0 Å². The molecule has 2 fully saturated rings. The third-order valence-electron chi connectivity index (χ3n) is 7.26. The summed E-state index contributed by atoms with van der Waals surface area (Å²) in [4.78, 5) is 14.6. The highest BCUT2D eigenvalue weighted by atomic mass is 32.2. The lowest BCUT2D eigenvalue weighted by molar-refractivity contribution is -0.125. The first-order chi connectivity index (χ1) is 15.7. The maximum Gasteiger partial charge on any atom is 0.264 e. The fourth-order valence-corrected chi connectivity index (χ4v) is 6.54. The lowest BCUT2D eigenvalue weighted by atomic mass is 9.64. The summed E-state index contributed by atoms with van der Waals surface area (Å²) in [6, 6.07) is 5.96. The standard InChI is InChI=1S/C24H27F2N3O3S/c1-29-9-2-4-16(14-29)27-21-12-17(11-19-18(21)13-23(30)24(19)7-3-8-24)28-33(31,32)22-6-5-15(25)10-20(22)26/h5-6,10-12,16,27-28H,2-4,7-9,13-14H2,1H3. The van der Waals surface area contributed by atoms with Crippen molar-refractivity contribution in [1.82, 2.24) is 4.90 Å². The van der Waals surface area contributed by atoms with E-state index in [1.54, 1.807) is 12.1 Å². The van der Waals surface area contributed by atoms with Gasteiger partial charge in [-0.2, -0.15) is 0 Å². The number of sulfonamides is 1. The summed E-state index contributed by atoms with van der Waals surface area (Å²) in [6.45, 7) is 1.88. The minimum absolute atomic E-state index is 0.178. The Morgan fingerprint density at radius 1 is 1.12 bits per heavy atom. The Kier molecular flexibility index (Phi) is 5.44. The number of hydrogen-bond donors (Lipinski definition) is 2. The summed E-state index contributed by atoms with van der Waals surface area (Å²) in [5.41, 5.74) is 2.28. The van der Waals surface area contributed by atoms with Gasteiger partial charge in [0.1, 0.15) is 22.3 Å². The minimum Gasteiger partial charge on any atom is -0.381 e. The zero-order valence-electron chi connectivity index (χ0n) is 18.5. The van der Waals surface area contributed by atoms with E-state index in [1.807, 2.05) is 0 Å². The van der Waals surface area contributed by atoms with E-state index in [-0.39, 0.29) is 17.5 Å². The molecule has 176 valence electrons. The Balaban J connectivity index is 1.53. The second-order valence-corrected chi connectivity index (χ2v) is 11.2. The molecule has 0 amide bonds. The number of benzene rings is 2. The largest absolute Gasteiger partial charge is 0.381 e. The topological polar surface area (TPSA) is 78.5 Å². The fraction of sp³-hybridized carbons (Fsp3) is 0.458. The van der Waals surface area contributed by atoms with Gasteiger partial charge in [0.25, 0.3) is 10.0 Å². The Morgan fingerprint density at radius 3 is 2.58 bits per heavy atom. The van der Waals surface area contributed by atoms with Crippen LogP contribution >= 0.6 is 0 Å². The Bertz CT molecular complexity index is 1230. The molecule has 0 aromatic heterocycles. The summed E-state index contributed by atoms with van der Waals surface area (Å²) in [7, 11) is -2.23. The molecule has 1 aliphatic heterocycles. The van der Waals surface area contributed by atoms with Gasteiger partial charge in [0, 0.05) is 30.8 Å². The van der Waals surface area contributed by atoms with Crippen LogP contribution in [0, 0.1) is 11.6 Å². The van der Waals surface area contributed by atoms with Gasteiger partial charge in [-0.3, -0.25) is 9.52 Å². The van der Waals surface area contributed by atoms with E-state index in [9.17, 15) is 22.0 Å². The smallest absolute Gasteiger partial charge is 0.264 e. The molecule has 0 radical (unpaired) electrons. The van der Waals surface area contributed by atoms with E-state index in [1.165, 1.54) is 0 Å². The molecule has 1 unspecified atom stereocenters. The number of fused-ring (bicyclic) bond motifs is 2. The van der Waals surface area contributed by atoms with Crippen LogP contribution in [-0.2, 0) is 26.7 Å². The predicted octanol–water partition coefficient (Wildman–Crippen LogP) is 3.82. The maximum atomic E-state index is 14.2. The number of ketones is 1. The minimum atomic E-state index is -4.29. The number of hydrogen-bond acceptors (Lipinski definition) is 5. The average Bonchev–Trinajstić information content (AvgIpc) is 2.99. The molecule has 6 nitrogen and oxygen atoms in total. The number of Topliss-reactive ketones (excluding diaryl/α,β-unsaturated/α-hetero) is 1. The molecule has 1 saturated heterocycles. The van der Waals surface area contributed by atoms with E-state index in [4.69, 9.17) is 0 Å². The molecule has 9 heteroatoms. The Hall–Kier alpha value is -2.52. The molecular weight excluding hydrogens is 448 g/mol. The van der Waals surface area contributed by atoms with Crippen LogP contribution in [0.25, 0.3) is 0 Å². The van der Waals surface area contributed by atoms with Crippen molar-refractivity contribution < 1.29 is 22.0 Å². The van der Waals surface area contributed by atoms with Crippen LogP contribution < -0.4 is 10.0 Å². The van der Waals surface area contributed by atoms with Gasteiger partial charge >= 0.3 is 0 Å². The van der Waals surface area contributed by atoms with Crippen molar-refractivity contribution in [2.45, 2.75) is 54.9 Å². The number of nitrogens with one attached hydrogen (secondary N) is 2. The van der Waals surface area contributed by atoms with E-state index in [2.05, 4.69) is 22.0 Å². The van der Waals surface area contributed by atoms with Crippen LogP contribution in [-0.4, -0.2) is 45.3 Å². The zero-order valence-corrected chi connectivity index (χ0v) is 19.3. The van der Waals surface area contributed by atoms with Crippen molar-refractivity contribution in [1.29, 1.82) is 0 Å². The third-order valence-corrected chi connectivity index (χ3v) is 8.68. The molecule has 3 aliphatic rings. The molecule has 33 heavy (non-hydrogen) atoms. The first-order valence-electron chi connectivity index (χ1n) is 11.3. The van der Waals surface area contributed by atoms with Crippen LogP contribution in [0.3, 0.4) is 0 Å². The number of rotatable bonds is 5. The SMILES string of the molecule is CN1CCCC(Nc2cc(NS(=O)(=O)c3ccc(F)cc3F)cc3c2CC(=O)C32CCC2)C1. The molecule has 2 N–H and O–H groups in total. The molecule has 1 spiro atoms. The highest BCUT2D eigenvalue weighted by molar-refractivity contribution is 7.92. The van der Waals surface area contributed by atoms with Crippen molar-refractivity contribution in [3.05, 3.63) is 53.1 Å². The second kappa shape index (κ2) is 8.06. The first-order valence-corrected chi connectivity index (χ1v) is 12.8. The van der Waals surface area contributed by atoms with E-state index in [0.717, 1.165) is 74.1 Å². The maximum absolute atomic E-state index is 14.2. The molecule has 1 heterocycles. The van der Waals surface area contributed by atoms with Crippen LogP contribution in [0.1, 0.15) is 43.2 Å². The zero-order chi connectivity index (χ0) is 23.4. The van der Waals surface area contributed by atoms with Crippen LogP contribution in [0.2, 0.25) is 0 Å². The fourth-order valence-electron chi connectivity index (χ4n) is 5.44. The Labute approximate surface area is 192 Å². The number of anilines is 2. The number of halogens is 2. The number of likely N-dealkylation sites (tertiary alicyclic amines) is 1. The Morgan fingerprint density at radius 2 is 1.91 bits per heavy atom. The van der Waals surface area contributed by atoms with Gasteiger partial charge in [-0.15, -0.1) is 0 Å². The highest BCUT2D eigenvalue weighted by Crippen LogP contribution is 2.53. The first kappa shape index (κ1) is 22.3. The quantitative estimate of drug-likeness (QED) is 0.688. The van der Waals surface area contributed by atoms with Crippen LogP contribution in [0.15, 0.2) is 35.2 Å². The van der Waals surface area contributed by atoms with Gasteiger partial charge < -0.3 is 10.2 Å². The number of carbonyl (C=O) groups excluding carboxylic acids is 1.